The Labute approximate surface area is 116 Å². The number of amides is 2. The van der Waals surface area contributed by atoms with Crippen LogP contribution in [0.1, 0.15) is 10.5 Å². The van der Waals surface area contributed by atoms with Crippen molar-refractivity contribution in [3.8, 4) is 0 Å². The van der Waals surface area contributed by atoms with Gasteiger partial charge < -0.3 is 15.3 Å². The maximum absolute atomic E-state index is 12.2. The molecule has 7 nitrogen and oxygen atoms in total. The standard InChI is InChI=1S/C11H10BrN3O4/c12-8-3-1-2-6(14-8)10(17)15-5-9(16)13-4-7(15)11(18)19/h1-3,7H,4-5H2,(H,13,16)(H,18,19). The van der Waals surface area contributed by atoms with Crippen molar-refractivity contribution >= 4 is 33.7 Å². The van der Waals surface area contributed by atoms with E-state index in [1.807, 2.05) is 0 Å². The van der Waals surface area contributed by atoms with Crippen molar-refractivity contribution in [3.05, 3.63) is 28.5 Å². The number of carbonyl (C=O) groups is 3. The molecule has 2 rings (SSSR count). The number of rotatable bonds is 2. The van der Waals surface area contributed by atoms with Gasteiger partial charge in [-0.05, 0) is 28.1 Å². The minimum Gasteiger partial charge on any atom is -0.480 e. The summed E-state index contributed by atoms with van der Waals surface area (Å²) in [6.45, 7) is -0.391. The minimum absolute atomic E-state index is 0.0929. The SMILES string of the molecule is O=C1CN(C(=O)c2cccc(Br)n2)C(C(=O)O)CN1. The maximum atomic E-state index is 12.2. The highest BCUT2D eigenvalue weighted by atomic mass is 79.9. The van der Waals surface area contributed by atoms with Crippen LogP contribution in [0.25, 0.3) is 0 Å². The third-order valence-electron chi connectivity index (χ3n) is 2.66. The summed E-state index contributed by atoms with van der Waals surface area (Å²) in [7, 11) is 0. The van der Waals surface area contributed by atoms with Crippen LogP contribution in [0.3, 0.4) is 0 Å². The molecule has 0 spiro atoms. The molecule has 100 valence electrons. The molecule has 2 N–H and O–H groups in total. The van der Waals surface area contributed by atoms with E-state index in [1.165, 1.54) is 6.07 Å². The fourth-order valence-electron chi connectivity index (χ4n) is 1.75. The number of carboxylic acids is 1. The van der Waals surface area contributed by atoms with Crippen molar-refractivity contribution in [2.45, 2.75) is 6.04 Å². The first-order valence-electron chi connectivity index (χ1n) is 5.42. The predicted octanol–water partition coefficient (Wildman–Crippen LogP) is -0.131. The Morgan fingerprint density at radius 1 is 1.47 bits per heavy atom. The van der Waals surface area contributed by atoms with E-state index in [0.717, 1.165) is 4.90 Å². The molecule has 1 saturated heterocycles. The van der Waals surface area contributed by atoms with Crippen molar-refractivity contribution < 1.29 is 19.5 Å². The Balaban J connectivity index is 2.28. The number of carboxylic acid groups (broad SMARTS) is 1. The Bertz CT molecular complexity index is 548. The fraction of sp³-hybridized carbons (Fsp3) is 0.273. The number of aliphatic carboxylic acids is 1. The molecule has 0 saturated carbocycles. The van der Waals surface area contributed by atoms with Gasteiger partial charge in [-0.25, -0.2) is 9.78 Å². The summed E-state index contributed by atoms with van der Waals surface area (Å²) in [6.07, 6.45) is 0. The Morgan fingerprint density at radius 3 is 2.84 bits per heavy atom. The number of pyridine rings is 1. The van der Waals surface area contributed by atoms with E-state index in [2.05, 4.69) is 26.2 Å². The Morgan fingerprint density at radius 2 is 2.21 bits per heavy atom. The highest BCUT2D eigenvalue weighted by Gasteiger charge is 2.36. The van der Waals surface area contributed by atoms with Gasteiger partial charge in [-0.15, -0.1) is 0 Å². The van der Waals surface area contributed by atoms with Gasteiger partial charge >= 0.3 is 5.97 Å². The second kappa shape index (κ2) is 5.35. The van der Waals surface area contributed by atoms with Crippen LogP contribution >= 0.6 is 15.9 Å². The molecule has 1 aliphatic heterocycles. The lowest BCUT2D eigenvalue weighted by Gasteiger charge is -2.32. The Kier molecular flexibility index (Phi) is 3.79. The third kappa shape index (κ3) is 2.90. The molecular weight excluding hydrogens is 318 g/mol. The first-order chi connectivity index (χ1) is 8.99. The van der Waals surface area contributed by atoms with Crippen LogP contribution in [0.5, 0.6) is 0 Å². The number of nitrogens with zero attached hydrogens (tertiary/aromatic N) is 2. The summed E-state index contributed by atoms with van der Waals surface area (Å²) in [5.74, 6) is -2.13. The van der Waals surface area contributed by atoms with Crippen LogP contribution in [0.2, 0.25) is 0 Å². The van der Waals surface area contributed by atoms with Gasteiger partial charge in [0.1, 0.15) is 22.9 Å². The van der Waals surface area contributed by atoms with Gasteiger partial charge in [0.2, 0.25) is 5.91 Å². The van der Waals surface area contributed by atoms with E-state index < -0.39 is 17.9 Å². The molecule has 0 aliphatic carbocycles. The molecule has 2 heterocycles. The fourth-order valence-corrected chi connectivity index (χ4v) is 2.09. The average molecular weight is 328 g/mol. The molecule has 19 heavy (non-hydrogen) atoms. The number of nitrogens with one attached hydrogen (secondary N) is 1. The molecule has 1 atom stereocenters. The van der Waals surface area contributed by atoms with Crippen molar-refractivity contribution in [1.29, 1.82) is 0 Å². The summed E-state index contributed by atoms with van der Waals surface area (Å²) in [6, 6.07) is 3.66. The van der Waals surface area contributed by atoms with Gasteiger partial charge in [-0.1, -0.05) is 6.07 Å². The second-order valence-electron chi connectivity index (χ2n) is 3.94. The number of hydrogen-bond acceptors (Lipinski definition) is 4. The molecule has 0 bridgehead atoms. The first-order valence-corrected chi connectivity index (χ1v) is 6.21. The van der Waals surface area contributed by atoms with Gasteiger partial charge in [-0.2, -0.15) is 0 Å². The van der Waals surface area contributed by atoms with Gasteiger partial charge in [0.05, 0.1) is 0 Å². The molecule has 1 aromatic rings. The highest BCUT2D eigenvalue weighted by molar-refractivity contribution is 9.10. The van der Waals surface area contributed by atoms with E-state index >= 15 is 0 Å². The van der Waals surface area contributed by atoms with Crippen LogP contribution in [-0.4, -0.2) is 51.9 Å². The van der Waals surface area contributed by atoms with Gasteiger partial charge in [0.25, 0.3) is 5.91 Å². The lowest BCUT2D eigenvalue weighted by atomic mass is 10.1. The number of piperazine rings is 1. The number of aromatic nitrogens is 1. The smallest absolute Gasteiger partial charge is 0.328 e. The predicted molar refractivity (Wildman–Crippen MR) is 67.4 cm³/mol. The molecule has 0 radical (unpaired) electrons. The summed E-state index contributed by atoms with van der Waals surface area (Å²) in [5.41, 5.74) is 0.0929. The molecule has 2 amide bonds. The van der Waals surface area contributed by atoms with Crippen molar-refractivity contribution in [1.82, 2.24) is 15.2 Å². The zero-order chi connectivity index (χ0) is 14.0. The van der Waals surface area contributed by atoms with Crippen LogP contribution in [0, 0.1) is 0 Å². The van der Waals surface area contributed by atoms with Gasteiger partial charge in [-0.3, -0.25) is 9.59 Å². The van der Waals surface area contributed by atoms with E-state index in [9.17, 15) is 14.4 Å². The van der Waals surface area contributed by atoms with Crippen LogP contribution < -0.4 is 5.32 Å². The summed E-state index contributed by atoms with van der Waals surface area (Å²) in [4.78, 5) is 39.6. The number of halogens is 1. The van der Waals surface area contributed by atoms with E-state index in [4.69, 9.17) is 5.11 Å². The molecule has 1 unspecified atom stereocenters. The van der Waals surface area contributed by atoms with Crippen molar-refractivity contribution in [3.63, 3.8) is 0 Å². The normalized spacial score (nSPS) is 18.9. The molecule has 1 aliphatic rings. The van der Waals surface area contributed by atoms with Crippen LogP contribution in [0.4, 0.5) is 0 Å². The summed E-state index contributed by atoms with van der Waals surface area (Å²) >= 11 is 3.13. The molecule has 0 aromatic carbocycles. The molecule has 1 fully saturated rings. The van der Waals surface area contributed by atoms with Crippen molar-refractivity contribution in [2.75, 3.05) is 13.1 Å². The zero-order valence-corrected chi connectivity index (χ0v) is 11.3. The largest absolute Gasteiger partial charge is 0.480 e. The second-order valence-corrected chi connectivity index (χ2v) is 4.75. The topological polar surface area (TPSA) is 99.6 Å². The quantitative estimate of drug-likeness (QED) is 0.737. The van der Waals surface area contributed by atoms with E-state index in [1.54, 1.807) is 12.1 Å². The molecule has 8 heteroatoms. The Hall–Kier alpha value is -1.96. The minimum atomic E-state index is -1.16. The average Bonchev–Trinajstić information content (AvgIpc) is 2.37. The summed E-state index contributed by atoms with van der Waals surface area (Å²) in [5, 5.41) is 11.5. The van der Waals surface area contributed by atoms with Crippen LogP contribution in [-0.2, 0) is 9.59 Å². The maximum Gasteiger partial charge on any atom is 0.328 e. The molecule has 1 aromatic heterocycles. The van der Waals surface area contributed by atoms with Gasteiger partial charge in [0, 0.05) is 6.54 Å². The van der Waals surface area contributed by atoms with Gasteiger partial charge in [0.15, 0.2) is 0 Å². The molecular formula is C11H10BrN3O4. The lowest BCUT2D eigenvalue weighted by molar-refractivity contribution is -0.144. The van der Waals surface area contributed by atoms with Crippen LogP contribution in [0.15, 0.2) is 22.8 Å². The first kappa shape index (κ1) is 13.5. The zero-order valence-electron chi connectivity index (χ0n) is 9.67. The number of hydrogen-bond donors (Lipinski definition) is 2. The lowest BCUT2D eigenvalue weighted by Crippen LogP contribution is -2.59. The van der Waals surface area contributed by atoms with E-state index in [0.29, 0.717) is 4.60 Å². The third-order valence-corrected chi connectivity index (χ3v) is 3.10. The number of carbonyl (C=O) groups excluding carboxylic acids is 2. The monoisotopic (exact) mass is 327 g/mol. The highest BCUT2D eigenvalue weighted by Crippen LogP contribution is 2.12. The summed E-state index contributed by atoms with van der Waals surface area (Å²) < 4.78 is 0.465. The van der Waals surface area contributed by atoms with Crippen molar-refractivity contribution in [2.24, 2.45) is 0 Å². The van der Waals surface area contributed by atoms with E-state index in [-0.39, 0.29) is 24.7 Å².